The summed E-state index contributed by atoms with van der Waals surface area (Å²) < 4.78 is 4.86. The average molecular weight is 252 g/mol. The number of benzene rings is 1. The Kier molecular flexibility index (Phi) is 3.39. The Labute approximate surface area is 103 Å². The number of nitrogens with zero attached hydrogens (tertiary/aromatic N) is 2. The zero-order valence-electron chi connectivity index (χ0n) is 9.11. The molecular formula is C11H10ClN3O2. The van der Waals surface area contributed by atoms with E-state index in [1.165, 1.54) is 0 Å². The molecule has 0 bridgehead atoms. The third-order valence-electron chi connectivity index (χ3n) is 2.06. The van der Waals surface area contributed by atoms with Crippen LogP contribution in [0.15, 0.2) is 28.8 Å². The Hall–Kier alpha value is -1.88. The first-order chi connectivity index (χ1) is 8.20. The minimum atomic E-state index is -0.375. The van der Waals surface area contributed by atoms with Crippen molar-refractivity contribution >= 4 is 17.5 Å². The van der Waals surface area contributed by atoms with E-state index in [0.29, 0.717) is 17.4 Å². The smallest absolute Gasteiger partial charge is 0.316 e. The van der Waals surface area contributed by atoms with Gasteiger partial charge < -0.3 is 9.84 Å². The van der Waals surface area contributed by atoms with Crippen LogP contribution in [0, 0.1) is 0 Å². The molecule has 0 aliphatic carbocycles. The Bertz CT molecular complexity index is 522. The van der Waals surface area contributed by atoms with Crippen LogP contribution in [0.5, 0.6) is 0 Å². The molecule has 1 amide bonds. The number of carbonyl (C=O) groups excluding carboxylic acids is 1. The van der Waals surface area contributed by atoms with Crippen LogP contribution in [0.2, 0.25) is 5.02 Å². The van der Waals surface area contributed by atoms with E-state index in [-0.39, 0.29) is 11.8 Å². The summed E-state index contributed by atoms with van der Waals surface area (Å²) in [6.45, 7) is 2.33. The van der Waals surface area contributed by atoms with E-state index < -0.39 is 0 Å². The molecule has 1 aromatic heterocycles. The minimum Gasteiger partial charge on any atom is -0.348 e. The van der Waals surface area contributed by atoms with Gasteiger partial charge in [0.1, 0.15) is 0 Å². The lowest BCUT2D eigenvalue weighted by Crippen LogP contribution is -2.22. The molecule has 1 aromatic carbocycles. The van der Waals surface area contributed by atoms with Gasteiger partial charge >= 0.3 is 11.8 Å². The Morgan fingerprint density at radius 1 is 1.41 bits per heavy atom. The Morgan fingerprint density at radius 3 is 2.76 bits per heavy atom. The first-order valence-corrected chi connectivity index (χ1v) is 5.46. The van der Waals surface area contributed by atoms with Gasteiger partial charge in [0.15, 0.2) is 0 Å². The minimum absolute atomic E-state index is 0.0446. The van der Waals surface area contributed by atoms with Gasteiger partial charge in [-0.05, 0) is 31.2 Å². The van der Waals surface area contributed by atoms with Crippen molar-refractivity contribution in [1.82, 2.24) is 15.5 Å². The van der Waals surface area contributed by atoms with Crippen molar-refractivity contribution in [1.29, 1.82) is 0 Å². The molecule has 2 rings (SSSR count). The molecule has 0 radical (unpaired) electrons. The van der Waals surface area contributed by atoms with Gasteiger partial charge in [0, 0.05) is 17.1 Å². The fourth-order valence-electron chi connectivity index (χ4n) is 1.27. The number of nitrogens with one attached hydrogen (secondary N) is 1. The van der Waals surface area contributed by atoms with Gasteiger partial charge in [0.2, 0.25) is 5.82 Å². The van der Waals surface area contributed by atoms with Crippen LogP contribution in [0.4, 0.5) is 0 Å². The maximum atomic E-state index is 11.4. The number of hydrogen-bond donors (Lipinski definition) is 1. The van der Waals surface area contributed by atoms with E-state index in [1.807, 2.05) is 6.92 Å². The van der Waals surface area contributed by atoms with Gasteiger partial charge in [0.25, 0.3) is 0 Å². The van der Waals surface area contributed by atoms with Crippen LogP contribution in [0.25, 0.3) is 11.4 Å². The van der Waals surface area contributed by atoms with Gasteiger partial charge in [-0.25, -0.2) is 0 Å². The second kappa shape index (κ2) is 4.97. The van der Waals surface area contributed by atoms with Gasteiger partial charge in [0.05, 0.1) is 0 Å². The molecule has 6 heteroatoms. The van der Waals surface area contributed by atoms with Crippen molar-refractivity contribution in [2.75, 3.05) is 6.54 Å². The SMILES string of the molecule is CCNC(=O)c1nc(-c2ccc(Cl)cc2)no1. The zero-order chi connectivity index (χ0) is 12.3. The van der Waals surface area contributed by atoms with Crippen LogP contribution in [-0.2, 0) is 0 Å². The standard InChI is InChI=1S/C11H10ClN3O2/c1-2-13-10(16)11-14-9(15-17-11)7-3-5-8(12)6-4-7/h3-6H,2H2,1H3,(H,13,16). The zero-order valence-corrected chi connectivity index (χ0v) is 9.86. The third kappa shape index (κ3) is 2.62. The highest BCUT2D eigenvalue weighted by Gasteiger charge is 2.14. The maximum absolute atomic E-state index is 11.4. The highest BCUT2D eigenvalue weighted by Crippen LogP contribution is 2.18. The largest absolute Gasteiger partial charge is 0.348 e. The van der Waals surface area contributed by atoms with Crippen molar-refractivity contribution < 1.29 is 9.32 Å². The molecule has 0 atom stereocenters. The Balaban J connectivity index is 2.23. The number of aromatic nitrogens is 2. The van der Waals surface area contributed by atoms with E-state index in [1.54, 1.807) is 24.3 Å². The van der Waals surface area contributed by atoms with Crippen LogP contribution in [0.1, 0.15) is 17.6 Å². The first-order valence-electron chi connectivity index (χ1n) is 5.08. The van der Waals surface area contributed by atoms with E-state index in [2.05, 4.69) is 15.5 Å². The average Bonchev–Trinajstić information content (AvgIpc) is 2.80. The predicted molar refractivity (Wildman–Crippen MR) is 62.8 cm³/mol. The second-order valence-corrected chi connectivity index (χ2v) is 3.73. The first kappa shape index (κ1) is 11.6. The molecule has 1 N–H and O–H groups in total. The van der Waals surface area contributed by atoms with Crippen molar-refractivity contribution in [3.63, 3.8) is 0 Å². The van der Waals surface area contributed by atoms with Gasteiger partial charge in [-0.2, -0.15) is 4.98 Å². The van der Waals surface area contributed by atoms with Crippen molar-refractivity contribution in [3.8, 4) is 11.4 Å². The molecule has 2 aromatic rings. The van der Waals surface area contributed by atoms with Gasteiger partial charge in [-0.15, -0.1) is 0 Å². The normalized spacial score (nSPS) is 10.2. The van der Waals surface area contributed by atoms with E-state index in [4.69, 9.17) is 16.1 Å². The van der Waals surface area contributed by atoms with E-state index in [9.17, 15) is 4.79 Å². The molecule has 0 saturated carbocycles. The summed E-state index contributed by atoms with van der Waals surface area (Å²) in [5.74, 6) is -0.0556. The molecule has 0 unspecified atom stereocenters. The Morgan fingerprint density at radius 2 is 2.12 bits per heavy atom. The molecule has 0 aliphatic heterocycles. The van der Waals surface area contributed by atoms with Crippen LogP contribution >= 0.6 is 11.6 Å². The maximum Gasteiger partial charge on any atom is 0.316 e. The number of amides is 1. The highest BCUT2D eigenvalue weighted by atomic mass is 35.5. The summed E-state index contributed by atoms with van der Waals surface area (Å²) >= 11 is 5.77. The van der Waals surface area contributed by atoms with E-state index in [0.717, 1.165) is 5.56 Å². The molecule has 0 spiro atoms. The predicted octanol–water partition coefficient (Wildman–Crippen LogP) is 2.14. The molecule has 0 aliphatic rings. The lowest BCUT2D eigenvalue weighted by Gasteiger charge is -1.94. The van der Waals surface area contributed by atoms with Crippen molar-refractivity contribution in [2.45, 2.75) is 6.92 Å². The second-order valence-electron chi connectivity index (χ2n) is 3.29. The summed E-state index contributed by atoms with van der Waals surface area (Å²) in [6, 6.07) is 6.96. The summed E-state index contributed by atoms with van der Waals surface area (Å²) in [6.07, 6.45) is 0. The summed E-state index contributed by atoms with van der Waals surface area (Å²) in [7, 11) is 0. The van der Waals surface area contributed by atoms with E-state index >= 15 is 0 Å². The van der Waals surface area contributed by atoms with Gasteiger partial charge in [-0.1, -0.05) is 16.8 Å². The fraction of sp³-hybridized carbons (Fsp3) is 0.182. The lowest BCUT2D eigenvalue weighted by molar-refractivity contribution is 0.0912. The van der Waals surface area contributed by atoms with Crippen molar-refractivity contribution in [2.24, 2.45) is 0 Å². The summed E-state index contributed by atoms with van der Waals surface area (Å²) in [5.41, 5.74) is 0.744. The number of halogens is 1. The monoisotopic (exact) mass is 251 g/mol. The molecule has 0 saturated heterocycles. The summed E-state index contributed by atoms with van der Waals surface area (Å²) in [4.78, 5) is 15.4. The van der Waals surface area contributed by atoms with Gasteiger partial charge in [-0.3, -0.25) is 4.79 Å². The highest BCUT2D eigenvalue weighted by molar-refractivity contribution is 6.30. The quantitative estimate of drug-likeness (QED) is 0.908. The van der Waals surface area contributed by atoms with Crippen LogP contribution in [0.3, 0.4) is 0 Å². The number of rotatable bonds is 3. The number of hydrogen-bond acceptors (Lipinski definition) is 4. The van der Waals surface area contributed by atoms with Crippen LogP contribution in [-0.4, -0.2) is 22.6 Å². The lowest BCUT2D eigenvalue weighted by atomic mass is 10.2. The molecule has 88 valence electrons. The number of carbonyl (C=O) groups is 1. The fourth-order valence-corrected chi connectivity index (χ4v) is 1.39. The van der Waals surface area contributed by atoms with Crippen molar-refractivity contribution in [3.05, 3.63) is 35.2 Å². The molecule has 1 heterocycles. The third-order valence-corrected chi connectivity index (χ3v) is 2.31. The van der Waals surface area contributed by atoms with Crippen LogP contribution < -0.4 is 5.32 Å². The molecule has 17 heavy (non-hydrogen) atoms. The topological polar surface area (TPSA) is 68.0 Å². The molecule has 5 nitrogen and oxygen atoms in total. The summed E-state index contributed by atoms with van der Waals surface area (Å²) in [5, 5.41) is 6.93. The molecular weight excluding hydrogens is 242 g/mol. The molecule has 0 fully saturated rings.